The molecule has 2 aliphatic rings. The molecule has 1 saturated carbocycles. The topological polar surface area (TPSA) is 70.7 Å². The van der Waals surface area contributed by atoms with Gasteiger partial charge in [-0.1, -0.05) is 12.1 Å². The van der Waals surface area contributed by atoms with Crippen LogP contribution in [-0.4, -0.2) is 55.0 Å². The standard InChI is InChI=1S/C29H38FN3O3/c1-29(20-25(29)21-11-15-24(36-2)16-12-21)31-17-5-4-8-26(28(35)33-18-6-3-7-19-33)32-27(34)22-9-13-23(30)14-10-22/h9-16,25-26,31H,3-8,17-20H2,1-2H3,(H,32,34). The second kappa shape index (κ2) is 11.9. The molecule has 0 aromatic heterocycles. The van der Waals surface area contributed by atoms with E-state index in [0.29, 0.717) is 17.9 Å². The fraction of sp³-hybridized carbons (Fsp3) is 0.517. The van der Waals surface area contributed by atoms with E-state index in [2.05, 4.69) is 29.7 Å². The highest BCUT2D eigenvalue weighted by atomic mass is 19.1. The minimum Gasteiger partial charge on any atom is -0.497 e. The third-order valence-electron chi connectivity index (χ3n) is 7.58. The van der Waals surface area contributed by atoms with Gasteiger partial charge in [0.2, 0.25) is 5.91 Å². The molecular weight excluding hydrogens is 457 g/mol. The number of nitrogens with one attached hydrogen (secondary N) is 2. The summed E-state index contributed by atoms with van der Waals surface area (Å²) in [6.07, 6.45) is 6.57. The Morgan fingerprint density at radius 2 is 1.75 bits per heavy atom. The number of hydrogen-bond donors (Lipinski definition) is 2. The highest BCUT2D eigenvalue weighted by molar-refractivity contribution is 5.97. The molecule has 2 amide bonds. The summed E-state index contributed by atoms with van der Waals surface area (Å²) in [5, 5.41) is 6.62. The van der Waals surface area contributed by atoms with Crippen molar-refractivity contribution in [1.29, 1.82) is 0 Å². The molecule has 2 fully saturated rings. The molecule has 4 rings (SSSR count). The largest absolute Gasteiger partial charge is 0.497 e. The van der Waals surface area contributed by atoms with Gasteiger partial charge in [0.1, 0.15) is 17.6 Å². The summed E-state index contributed by atoms with van der Waals surface area (Å²) in [7, 11) is 1.68. The average molecular weight is 496 g/mol. The zero-order chi connectivity index (χ0) is 25.5. The molecule has 2 N–H and O–H groups in total. The molecule has 36 heavy (non-hydrogen) atoms. The zero-order valence-electron chi connectivity index (χ0n) is 21.4. The summed E-state index contributed by atoms with van der Waals surface area (Å²) >= 11 is 0. The van der Waals surface area contributed by atoms with Gasteiger partial charge in [0.05, 0.1) is 7.11 Å². The molecule has 1 aliphatic carbocycles. The summed E-state index contributed by atoms with van der Waals surface area (Å²) in [4.78, 5) is 27.9. The van der Waals surface area contributed by atoms with Gasteiger partial charge in [-0.3, -0.25) is 9.59 Å². The summed E-state index contributed by atoms with van der Waals surface area (Å²) in [5.74, 6) is 0.628. The number of benzene rings is 2. The van der Waals surface area contributed by atoms with Crippen LogP contribution in [-0.2, 0) is 4.79 Å². The number of rotatable bonds is 11. The number of piperidine rings is 1. The monoisotopic (exact) mass is 495 g/mol. The van der Waals surface area contributed by atoms with Gasteiger partial charge < -0.3 is 20.3 Å². The molecule has 1 heterocycles. The van der Waals surface area contributed by atoms with Crippen LogP contribution in [0.15, 0.2) is 48.5 Å². The first-order valence-corrected chi connectivity index (χ1v) is 13.1. The van der Waals surface area contributed by atoms with Crippen LogP contribution in [0.5, 0.6) is 5.75 Å². The van der Waals surface area contributed by atoms with Gasteiger partial charge in [0.15, 0.2) is 0 Å². The Morgan fingerprint density at radius 1 is 1.06 bits per heavy atom. The summed E-state index contributed by atoms with van der Waals surface area (Å²) in [5.41, 5.74) is 1.77. The second-order valence-electron chi connectivity index (χ2n) is 10.3. The Bertz CT molecular complexity index is 1020. The Hall–Kier alpha value is -2.93. The smallest absolute Gasteiger partial charge is 0.251 e. The maximum atomic E-state index is 13.3. The van der Waals surface area contributed by atoms with Crippen molar-refractivity contribution in [2.45, 2.75) is 69.4 Å². The fourth-order valence-electron chi connectivity index (χ4n) is 5.16. The molecule has 0 spiro atoms. The number of ether oxygens (including phenoxy) is 1. The van der Waals surface area contributed by atoms with Gasteiger partial charge >= 0.3 is 0 Å². The quantitative estimate of drug-likeness (QED) is 0.445. The molecule has 2 aromatic carbocycles. The van der Waals surface area contributed by atoms with Gasteiger partial charge in [-0.15, -0.1) is 0 Å². The van der Waals surface area contributed by atoms with E-state index in [-0.39, 0.29) is 17.4 Å². The lowest BCUT2D eigenvalue weighted by molar-refractivity contribution is -0.134. The lowest BCUT2D eigenvalue weighted by Gasteiger charge is -2.31. The van der Waals surface area contributed by atoms with Crippen molar-refractivity contribution in [3.63, 3.8) is 0 Å². The summed E-state index contributed by atoms with van der Waals surface area (Å²) in [6.45, 7) is 4.61. The van der Waals surface area contributed by atoms with Crippen molar-refractivity contribution in [3.8, 4) is 5.75 Å². The van der Waals surface area contributed by atoms with E-state index in [1.165, 1.54) is 29.8 Å². The molecule has 194 valence electrons. The van der Waals surface area contributed by atoms with Crippen LogP contribution in [0.3, 0.4) is 0 Å². The molecule has 3 atom stereocenters. The fourth-order valence-corrected chi connectivity index (χ4v) is 5.16. The van der Waals surface area contributed by atoms with Gasteiger partial charge in [0, 0.05) is 30.1 Å². The molecule has 2 aromatic rings. The summed E-state index contributed by atoms with van der Waals surface area (Å²) < 4.78 is 18.5. The Kier molecular flexibility index (Phi) is 8.62. The minimum atomic E-state index is -0.566. The van der Waals surface area contributed by atoms with E-state index in [4.69, 9.17) is 4.74 Å². The van der Waals surface area contributed by atoms with E-state index in [1.54, 1.807) is 7.11 Å². The van der Waals surface area contributed by atoms with E-state index >= 15 is 0 Å². The van der Waals surface area contributed by atoms with Gasteiger partial charge in [-0.25, -0.2) is 4.39 Å². The third kappa shape index (κ3) is 6.64. The highest BCUT2D eigenvalue weighted by Crippen LogP contribution is 2.51. The number of amides is 2. The lowest BCUT2D eigenvalue weighted by Crippen LogP contribution is -2.50. The normalized spacial score (nSPS) is 22.1. The van der Waals surface area contributed by atoms with Crippen molar-refractivity contribution < 1.29 is 18.7 Å². The highest BCUT2D eigenvalue weighted by Gasteiger charge is 2.50. The molecule has 1 aliphatic heterocycles. The van der Waals surface area contributed by atoms with Crippen LogP contribution in [0.1, 0.15) is 73.7 Å². The molecule has 3 unspecified atom stereocenters. The predicted octanol–water partition coefficient (Wildman–Crippen LogP) is 4.65. The number of carbonyl (C=O) groups is 2. The van der Waals surface area contributed by atoms with Gasteiger partial charge in [0.25, 0.3) is 5.91 Å². The van der Waals surface area contributed by atoms with E-state index in [9.17, 15) is 14.0 Å². The Balaban J connectivity index is 1.27. The van der Waals surface area contributed by atoms with Gasteiger partial charge in [-0.2, -0.15) is 0 Å². The summed E-state index contributed by atoms with van der Waals surface area (Å²) in [6, 6.07) is 13.2. The molecule has 0 bridgehead atoms. The number of halogens is 1. The predicted molar refractivity (Wildman–Crippen MR) is 139 cm³/mol. The van der Waals surface area contributed by atoms with Crippen LogP contribution in [0, 0.1) is 5.82 Å². The van der Waals surface area contributed by atoms with Crippen LogP contribution in [0.25, 0.3) is 0 Å². The molecular formula is C29H38FN3O3. The maximum Gasteiger partial charge on any atom is 0.251 e. The van der Waals surface area contributed by atoms with Gasteiger partial charge in [-0.05, 0) is 100 Å². The molecule has 6 nitrogen and oxygen atoms in total. The number of unbranched alkanes of at least 4 members (excludes halogenated alkanes) is 1. The Labute approximate surface area is 213 Å². The van der Waals surface area contributed by atoms with Crippen molar-refractivity contribution in [2.24, 2.45) is 0 Å². The molecule has 0 radical (unpaired) electrons. The first-order chi connectivity index (χ1) is 17.4. The number of carbonyl (C=O) groups excluding carboxylic acids is 2. The van der Waals surface area contributed by atoms with E-state index < -0.39 is 11.9 Å². The van der Waals surface area contributed by atoms with Crippen molar-refractivity contribution >= 4 is 11.8 Å². The van der Waals surface area contributed by atoms with Crippen LogP contribution in [0.2, 0.25) is 0 Å². The van der Waals surface area contributed by atoms with Crippen molar-refractivity contribution in [1.82, 2.24) is 15.5 Å². The van der Waals surface area contributed by atoms with Crippen molar-refractivity contribution in [2.75, 3.05) is 26.7 Å². The lowest BCUT2D eigenvalue weighted by atomic mass is 10.0. The number of nitrogens with zero attached hydrogens (tertiary/aromatic N) is 1. The molecule has 7 heteroatoms. The van der Waals surface area contributed by atoms with E-state index in [1.807, 2.05) is 17.0 Å². The first-order valence-electron chi connectivity index (χ1n) is 13.1. The number of likely N-dealkylation sites (tertiary alicyclic amines) is 1. The number of hydrogen-bond acceptors (Lipinski definition) is 4. The Morgan fingerprint density at radius 3 is 2.42 bits per heavy atom. The average Bonchev–Trinajstić information content (AvgIpc) is 3.59. The van der Waals surface area contributed by atoms with Crippen LogP contribution < -0.4 is 15.4 Å². The first kappa shape index (κ1) is 26.1. The van der Waals surface area contributed by atoms with Crippen molar-refractivity contribution in [3.05, 3.63) is 65.5 Å². The third-order valence-corrected chi connectivity index (χ3v) is 7.58. The van der Waals surface area contributed by atoms with Crippen LogP contribution >= 0.6 is 0 Å². The van der Waals surface area contributed by atoms with Crippen LogP contribution in [0.4, 0.5) is 4.39 Å². The zero-order valence-corrected chi connectivity index (χ0v) is 21.4. The van der Waals surface area contributed by atoms with E-state index in [0.717, 1.165) is 63.9 Å². The number of methoxy groups -OCH3 is 1. The maximum absolute atomic E-state index is 13.3. The second-order valence-corrected chi connectivity index (χ2v) is 10.3. The SMILES string of the molecule is COc1ccc(C2CC2(C)NCCCCC(NC(=O)c2ccc(F)cc2)C(=O)N2CCCCC2)cc1. The molecule has 1 saturated heterocycles. The minimum absolute atomic E-state index is 0.00755.